The Morgan fingerprint density at radius 2 is 2.00 bits per heavy atom. The molecule has 1 N–H and O–H groups in total. The van der Waals surface area contributed by atoms with Gasteiger partial charge in [0.05, 0.1) is 12.1 Å². The van der Waals surface area contributed by atoms with Crippen molar-refractivity contribution >= 4 is 50.6 Å². The van der Waals surface area contributed by atoms with Crippen LogP contribution in [0, 0.1) is 6.92 Å². The van der Waals surface area contributed by atoms with Crippen LogP contribution in [0.2, 0.25) is 5.02 Å². The molecule has 2 aromatic heterocycles. The zero-order valence-corrected chi connectivity index (χ0v) is 17.0. The number of hydrogen-bond donors (Lipinski definition) is 1. The number of aryl methyl sites for hydroxylation is 1. The number of rotatable bonds is 4. The fraction of sp³-hybridized carbons (Fsp3) is 0.278. The number of nitrogens with zero attached hydrogens (tertiary/aromatic N) is 2. The lowest BCUT2D eigenvalue weighted by Crippen LogP contribution is -2.25. The largest absolute Gasteiger partial charge is 0.465 e. The van der Waals surface area contributed by atoms with Crippen LogP contribution in [0.3, 0.4) is 0 Å². The summed E-state index contributed by atoms with van der Waals surface area (Å²) >= 11 is 7.31. The minimum atomic E-state index is -4.59. The minimum absolute atomic E-state index is 0.211. The number of halogens is 4. The number of thiophene rings is 1. The first-order chi connectivity index (χ1) is 13.5. The third-order valence-electron chi connectivity index (χ3n) is 4.23. The summed E-state index contributed by atoms with van der Waals surface area (Å²) in [6.45, 7) is 2.89. The molecule has 0 bridgehead atoms. The maximum Gasteiger partial charge on any atom is 0.435 e. The molecular weight excluding hydrogens is 431 g/mol. The van der Waals surface area contributed by atoms with Gasteiger partial charge in [0.25, 0.3) is 0 Å². The molecule has 1 aromatic carbocycles. The molecule has 6 nitrogen and oxygen atoms in total. The number of carbonyl (C=O) groups excluding carboxylic acids is 2. The zero-order valence-electron chi connectivity index (χ0n) is 15.4. The van der Waals surface area contributed by atoms with Crippen LogP contribution in [0.4, 0.5) is 18.9 Å². The number of carbonyl (C=O) groups is 2. The Morgan fingerprint density at radius 1 is 1.31 bits per heavy atom. The number of ether oxygens (including phenoxy) is 1. The second kappa shape index (κ2) is 7.68. The van der Waals surface area contributed by atoms with Crippen molar-refractivity contribution < 1.29 is 27.5 Å². The van der Waals surface area contributed by atoms with Crippen molar-refractivity contribution in [1.82, 2.24) is 9.78 Å². The van der Waals surface area contributed by atoms with Gasteiger partial charge in [0, 0.05) is 21.5 Å². The van der Waals surface area contributed by atoms with Gasteiger partial charge < -0.3 is 10.1 Å². The van der Waals surface area contributed by atoms with Gasteiger partial charge >= 0.3 is 12.1 Å². The normalized spacial score (nSPS) is 12.8. The second-order valence-corrected chi connectivity index (χ2v) is 7.66. The van der Waals surface area contributed by atoms with E-state index in [0.717, 1.165) is 22.1 Å². The number of alkyl halides is 3. The van der Waals surface area contributed by atoms with Crippen LogP contribution < -0.4 is 5.32 Å². The Balaban J connectivity index is 1.84. The Kier molecular flexibility index (Phi) is 5.59. The number of esters is 1. The fourth-order valence-electron chi connectivity index (χ4n) is 2.74. The van der Waals surface area contributed by atoms with E-state index < -0.39 is 29.8 Å². The number of anilines is 1. The molecule has 1 atom stereocenters. The molecule has 0 saturated carbocycles. The number of benzene rings is 1. The Labute approximate surface area is 172 Å². The van der Waals surface area contributed by atoms with Crippen LogP contribution in [0.5, 0.6) is 0 Å². The molecule has 0 aliphatic rings. The van der Waals surface area contributed by atoms with Gasteiger partial charge in [-0.15, -0.1) is 11.3 Å². The van der Waals surface area contributed by atoms with Crippen LogP contribution in [0.25, 0.3) is 10.1 Å². The monoisotopic (exact) mass is 445 g/mol. The third-order valence-corrected chi connectivity index (χ3v) is 5.86. The van der Waals surface area contributed by atoms with E-state index in [1.54, 1.807) is 18.2 Å². The van der Waals surface area contributed by atoms with Gasteiger partial charge in [-0.1, -0.05) is 11.6 Å². The molecule has 1 unspecified atom stereocenters. The highest BCUT2D eigenvalue weighted by atomic mass is 35.5. The highest BCUT2D eigenvalue weighted by Gasteiger charge is 2.35. The molecule has 0 aliphatic heterocycles. The van der Waals surface area contributed by atoms with Gasteiger partial charge in [-0.2, -0.15) is 18.3 Å². The summed E-state index contributed by atoms with van der Waals surface area (Å²) in [6, 6.07) is 4.77. The predicted molar refractivity (Wildman–Crippen MR) is 103 cm³/mol. The average molecular weight is 446 g/mol. The van der Waals surface area contributed by atoms with E-state index in [4.69, 9.17) is 11.6 Å². The van der Waals surface area contributed by atoms with E-state index in [9.17, 15) is 22.8 Å². The van der Waals surface area contributed by atoms with Crippen molar-refractivity contribution in [2.45, 2.75) is 26.1 Å². The first-order valence-corrected chi connectivity index (χ1v) is 9.47. The maximum atomic E-state index is 12.8. The van der Waals surface area contributed by atoms with Gasteiger partial charge in [-0.3, -0.25) is 9.48 Å². The summed E-state index contributed by atoms with van der Waals surface area (Å²) < 4.78 is 44.9. The van der Waals surface area contributed by atoms with Gasteiger partial charge in [0.2, 0.25) is 5.91 Å². The summed E-state index contributed by atoms with van der Waals surface area (Å²) in [5.74, 6) is -1.11. The molecular formula is C18H15ClF3N3O3S. The second-order valence-electron chi connectivity index (χ2n) is 6.23. The highest BCUT2D eigenvalue weighted by Crippen LogP contribution is 2.37. The summed E-state index contributed by atoms with van der Waals surface area (Å²) in [4.78, 5) is 24.5. The van der Waals surface area contributed by atoms with E-state index in [0.29, 0.717) is 15.8 Å². The van der Waals surface area contributed by atoms with E-state index in [-0.39, 0.29) is 15.6 Å². The van der Waals surface area contributed by atoms with Gasteiger partial charge in [-0.05, 0) is 38.1 Å². The molecule has 0 aliphatic carbocycles. The molecule has 3 rings (SSSR count). The van der Waals surface area contributed by atoms with Crippen LogP contribution in [-0.4, -0.2) is 28.8 Å². The molecule has 11 heteroatoms. The van der Waals surface area contributed by atoms with Crippen LogP contribution in [-0.2, 0) is 15.7 Å². The van der Waals surface area contributed by atoms with Gasteiger partial charge in [-0.25, -0.2) is 4.79 Å². The van der Waals surface area contributed by atoms with Gasteiger partial charge in [0.15, 0.2) is 5.69 Å². The quantitative estimate of drug-likeness (QED) is 0.569. The highest BCUT2D eigenvalue weighted by molar-refractivity contribution is 7.21. The first-order valence-electron chi connectivity index (χ1n) is 8.27. The van der Waals surface area contributed by atoms with Crippen molar-refractivity contribution in [3.8, 4) is 0 Å². The summed E-state index contributed by atoms with van der Waals surface area (Å²) in [6.07, 6.45) is -4.59. The number of fused-ring (bicyclic) bond motifs is 1. The first kappa shape index (κ1) is 21.1. The number of amides is 1. The summed E-state index contributed by atoms with van der Waals surface area (Å²) in [5.41, 5.74) is -0.438. The third kappa shape index (κ3) is 4.08. The molecule has 0 radical (unpaired) electrons. The minimum Gasteiger partial charge on any atom is -0.465 e. The fourth-order valence-corrected chi connectivity index (χ4v) is 4.21. The predicted octanol–water partition coefficient (Wildman–Crippen LogP) is 5.06. The maximum absolute atomic E-state index is 12.8. The number of hydrogen-bond acceptors (Lipinski definition) is 5. The Bertz CT molecular complexity index is 1110. The molecule has 0 spiro atoms. The molecule has 0 saturated heterocycles. The molecule has 154 valence electrons. The summed E-state index contributed by atoms with van der Waals surface area (Å²) in [7, 11) is 1.25. The molecule has 2 heterocycles. The molecule has 29 heavy (non-hydrogen) atoms. The number of nitrogens with one attached hydrogen (secondary N) is 1. The molecule has 1 amide bonds. The number of methoxy groups -OCH3 is 1. The summed E-state index contributed by atoms with van der Waals surface area (Å²) in [5, 5.41) is 7.03. The van der Waals surface area contributed by atoms with Crippen molar-refractivity contribution in [3.63, 3.8) is 0 Å². The average Bonchev–Trinajstić information content (AvgIpc) is 3.20. The van der Waals surface area contributed by atoms with Crippen LogP contribution in [0.15, 0.2) is 24.3 Å². The van der Waals surface area contributed by atoms with Crippen molar-refractivity contribution in [3.05, 3.63) is 45.6 Å². The Hall–Kier alpha value is -2.59. The van der Waals surface area contributed by atoms with Crippen molar-refractivity contribution in [2.75, 3.05) is 12.4 Å². The van der Waals surface area contributed by atoms with E-state index in [1.165, 1.54) is 21.0 Å². The number of aromatic nitrogens is 2. The molecule has 3 aromatic rings. The lowest BCUT2D eigenvalue weighted by Gasteiger charge is -2.14. The standard InChI is InChI=1S/C18H15ClF3N3O3S/c1-8-6-13(18(20,21)22)24-25(8)9(2)16(26)23-10-4-5-11-12(7-10)29-15(14(11)19)17(27)28-3/h4-7,9H,1-3H3,(H,23,26). The van der Waals surface area contributed by atoms with Crippen molar-refractivity contribution in [1.29, 1.82) is 0 Å². The van der Waals surface area contributed by atoms with Crippen LogP contribution in [0.1, 0.15) is 34.0 Å². The van der Waals surface area contributed by atoms with Gasteiger partial charge in [0.1, 0.15) is 10.9 Å². The Morgan fingerprint density at radius 3 is 2.59 bits per heavy atom. The zero-order chi connectivity index (χ0) is 21.5. The van der Waals surface area contributed by atoms with E-state index in [2.05, 4.69) is 15.2 Å². The van der Waals surface area contributed by atoms with E-state index in [1.807, 2.05) is 0 Å². The van der Waals surface area contributed by atoms with E-state index >= 15 is 0 Å². The SMILES string of the molecule is COC(=O)c1sc2cc(NC(=O)C(C)n3nc(C(F)(F)F)cc3C)ccc2c1Cl. The lowest BCUT2D eigenvalue weighted by molar-refractivity contribution is -0.141. The molecule has 0 fully saturated rings. The van der Waals surface area contributed by atoms with Crippen LogP contribution >= 0.6 is 22.9 Å². The lowest BCUT2D eigenvalue weighted by atomic mass is 10.2. The van der Waals surface area contributed by atoms with Crippen molar-refractivity contribution in [2.24, 2.45) is 0 Å². The topological polar surface area (TPSA) is 73.2 Å². The smallest absolute Gasteiger partial charge is 0.435 e.